The minimum Gasteiger partial charge on any atom is -0.474 e. The number of nitrogens with zero attached hydrogens (tertiary/aromatic N) is 3. The van der Waals surface area contributed by atoms with Crippen molar-refractivity contribution in [1.82, 2.24) is 15.0 Å². The maximum absolute atomic E-state index is 11.5. The lowest BCUT2D eigenvalue weighted by Crippen LogP contribution is -2.32. The first-order valence-corrected chi connectivity index (χ1v) is 9.98. The van der Waals surface area contributed by atoms with Gasteiger partial charge < -0.3 is 15.8 Å². The van der Waals surface area contributed by atoms with E-state index < -0.39 is 5.91 Å². The number of rotatable bonds is 5. The number of hydrogen-bond donors (Lipinski definition) is 2. The van der Waals surface area contributed by atoms with Gasteiger partial charge in [-0.25, -0.2) is 15.0 Å². The standard InChI is InChI=1S/C20H20BrN5O2/c21-13-3-8-17-12(10-13)11-24-20(26-17)25-14-4-6-15(7-5-14)28-19-16(18(22)27)2-1-9-23-19/h1-3,8-11,14-15H,4-7H2,(H2,22,27)(H,24,25,26). The van der Waals surface area contributed by atoms with E-state index in [1.54, 1.807) is 18.3 Å². The van der Waals surface area contributed by atoms with Gasteiger partial charge in [-0.2, -0.15) is 0 Å². The van der Waals surface area contributed by atoms with Crippen LogP contribution in [-0.2, 0) is 0 Å². The van der Waals surface area contributed by atoms with E-state index in [1.165, 1.54) is 0 Å². The first-order chi connectivity index (χ1) is 13.6. The molecule has 2 aromatic heterocycles. The van der Waals surface area contributed by atoms with Crippen LogP contribution in [0.2, 0.25) is 0 Å². The second-order valence-corrected chi connectivity index (χ2v) is 7.77. The average molecular weight is 442 g/mol. The Balaban J connectivity index is 1.36. The number of primary amides is 1. The van der Waals surface area contributed by atoms with Gasteiger partial charge in [0.1, 0.15) is 11.7 Å². The van der Waals surface area contributed by atoms with E-state index in [0.29, 0.717) is 17.4 Å². The summed E-state index contributed by atoms with van der Waals surface area (Å²) in [5, 5.41) is 4.42. The molecule has 0 saturated heterocycles. The van der Waals surface area contributed by atoms with E-state index in [4.69, 9.17) is 10.5 Å². The Morgan fingerprint density at radius 2 is 2.00 bits per heavy atom. The fourth-order valence-corrected chi connectivity index (χ4v) is 3.79. The van der Waals surface area contributed by atoms with Gasteiger partial charge in [-0.3, -0.25) is 4.79 Å². The maximum Gasteiger partial charge on any atom is 0.254 e. The molecule has 1 fully saturated rings. The van der Waals surface area contributed by atoms with Crippen molar-refractivity contribution in [1.29, 1.82) is 0 Å². The summed E-state index contributed by atoms with van der Waals surface area (Å²) < 4.78 is 6.95. The monoisotopic (exact) mass is 441 g/mol. The van der Waals surface area contributed by atoms with E-state index in [-0.39, 0.29) is 12.1 Å². The molecular weight excluding hydrogens is 422 g/mol. The summed E-state index contributed by atoms with van der Waals surface area (Å²) in [5.41, 5.74) is 6.62. The molecule has 144 valence electrons. The molecule has 8 heteroatoms. The van der Waals surface area contributed by atoms with E-state index >= 15 is 0 Å². The summed E-state index contributed by atoms with van der Waals surface area (Å²) >= 11 is 3.46. The Bertz CT molecular complexity index is 1000. The molecule has 1 aliphatic carbocycles. The highest BCUT2D eigenvalue weighted by Gasteiger charge is 2.24. The summed E-state index contributed by atoms with van der Waals surface area (Å²) in [5.74, 6) is 0.425. The highest BCUT2D eigenvalue weighted by atomic mass is 79.9. The molecule has 3 N–H and O–H groups in total. The van der Waals surface area contributed by atoms with Crippen molar-refractivity contribution in [3.63, 3.8) is 0 Å². The molecule has 0 spiro atoms. The van der Waals surface area contributed by atoms with Gasteiger partial charge in [-0.15, -0.1) is 0 Å². The number of anilines is 1. The molecule has 3 aromatic rings. The van der Waals surface area contributed by atoms with E-state index in [1.807, 2.05) is 24.4 Å². The molecule has 1 amide bonds. The molecule has 1 saturated carbocycles. The summed E-state index contributed by atoms with van der Waals surface area (Å²) in [6, 6.07) is 9.54. The largest absolute Gasteiger partial charge is 0.474 e. The molecule has 7 nitrogen and oxygen atoms in total. The number of benzene rings is 1. The molecule has 28 heavy (non-hydrogen) atoms. The Hall–Kier alpha value is -2.74. The molecule has 2 heterocycles. The number of carbonyl (C=O) groups excluding carboxylic acids is 1. The van der Waals surface area contributed by atoms with E-state index in [2.05, 4.69) is 36.2 Å². The van der Waals surface area contributed by atoms with Crippen molar-refractivity contribution >= 4 is 38.7 Å². The Morgan fingerprint density at radius 3 is 2.79 bits per heavy atom. The molecular formula is C20H20BrN5O2. The smallest absolute Gasteiger partial charge is 0.254 e. The van der Waals surface area contributed by atoms with Crippen molar-refractivity contribution in [3.8, 4) is 5.88 Å². The molecule has 1 aliphatic rings. The van der Waals surface area contributed by atoms with Gasteiger partial charge in [0.05, 0.1) is 5.52 Å². The summed E-state index contributed by atoms with van der Waals surface area (Å²) in [7, 11) is 0. The van der Waals surface area contributed by atoms with Crippen molar-refractivity contribution in [2.24, 2.45) is 5.73 Å². The highest BCUT2D eigenvalue weighted by molar-refractivity contribution is 9.10. The van der Waals surface area contributed by atoms with Crippen LogP contribution in [0.5, 0.6) is 5.88 Å². The predicted molar refractivity (Wildman–Crippen MR) is 110 cm³/mol. The number of aromatic nitrogens is 3. The average Bonchev–Trinajstić information content (AvgIpc) is 2.70. The van der Waals surface area contributed by atoms with Crippen molar-refractivity contribution in [2.75, 3.05) is 5.32 Å². The number of pyridine rings is 1. The molecule has 0 aliphatic heterocycles. The summed E-state index contributed by atoms with van der Waals surface area (Å²) in [6.07, 6.45) is 7.00. The summed E-state index contributed by atoms with van der Waals surface area (Å²) in [4.78, 5) is 24.7. The van der Waals surface area contributed by atoms with Gasteiger partial charge in [0, 0.05) is 28.3 Å². The van der Waals surface area contributed by atoms with Crippen LogP contribution in [0.25, 0.3) is 10.9 Å². The van der Waals surface area contributed by atoms with Crippen molar-refractivity contribution < 1.29 is 9.53 Å². The number of hydrogen-bond acceptors (Lipinski definition) is 6. The van der Waals surface area contributed by atoms with Crippen LogP contribution in [0, 0.1) is 0 Å². The van der Waals surface area contributed by atoms with Crippen LogP contribution < -0.4 is 15.8 Å². The highest BCUT2D eigenvalue weighted by Crippen LogP contribution is 2.26. The molecule has 0 bridgehead atoms. The lowest BCUT2D eigenvalue weighted by molar-refractivity contribution is 0.0983. The van der Waals surface area contributed by atoms with E-state index in [9.17, 15) is 4.79 Å². The molecule has 0 unspecified atom stereocenters. The first kappa shape index (κ1) is 18.6. The zero-order valence-corrected chi connectivity index (χ0v) is 16.7. The van der Waals surface area contributed by atoms with E-state index in [0.717, 1.165) is 41.1 Å². The first-order valence-electron chi connectivity index (χ1n) is 9.19. The number of nitrogens with two attached hydrogens (primary N) is 1. The van der Waals surface area contributed by atoms with Crippen LogP contribution in [-0.4, -0.2) is 33.0 Å². The number of halogens is 1. The number of ether oxygens (including phenoxy) is 1. The summed E-state index contributed by atoms with van der Waals surface area (Å²) in [6.45, 7) is 0. The third kappa shape index (κ3) is 4.22. The Kier molecular flexibility index (Phi) is 5.38. The van der Waals surface area contributed by atoms with Crippen LogP contribution in [0.4, 0.5) is 5.95 Å². The van der Waals surface area contributed by atoms with Crippen LogP contribution in [0.1, 0.15) is 36.0 Å². The van der Waals surface area contributed by atoms with Gasteiger partial charge in [0.2, 0.25) is 11.8 Å². The maximum atomic E-state index is 11.5. The number of carbonyl (C=O) groups is 1. The van der Waals surface area contributed by atoms with Gasteiger partial charge in [-0.05, 0) is 56.0 Å². The third-order valence-corrected chi connectivity index (χ3v) is 5.36. The minimum atomic E-state index is -0.529. The molecule has 0 atom stereocenters. The molecule has 4 rings (SSSR count). The minimum absolute atomic E-state index is 0.0147. The zero-order valence-electron chi connectivity index (χ0n) is 15.1. The van der Waals surface area contributed by atoms with Crippen LogP contribution >= 0.6 is 15.9 Å². The Morgan fingerprint density at radius 1 is 1.18 bits per heavy atom. The molecule has 1 aromatic carbocycles. The number of fused-ring (bicyclic) bond motifs is 1. The third-order valence-electron chi connectivity index (χ3n) is 4.86. The van der Waals surface area contributed by atoms with Gasteiger partial charge in [0.15, 0.2) is 0 Å². The number of amides is 1. The SMILES string of the molecule is NC(=O)c1cccnc1OC1CCC(Nc2ncc3cc(Br)ccc3n2)CC1. The zero-order chi connectivity index (χ0) is 19.5. The lowest BCUT2D eigenvalue weighted by atomic mass is 9.93. The topological polar surface area (TPSA) is 103 Å². The lowest BCUT2D eigenvalue weighted by Gasteiger charge is -2.29. The van der Waals surface area contributed by atoms with Crippen LogP contribution in [0.3, 0.4) is 0 Å². The fourth-order valence-electron chi connectivity index (χ4n) is 3.41. The van der Waals surface area contributed by atoms with Crippen molar-refractivity contribution in [2.45, 2.75) is 37.8 Å². The van der Waals surface area contributed by atoms with Crippen LogP contribution in [0.15, 0.2) is 47.2 Å². The van der Waals surface area contributed by atoms with Gasteiger partial charge in [-0.1, -0.05) is 15.9 Å². The number of nitrogens with one attached hydrogen (secondary N) is 1. The Labute approximate surface area is 170 Å². The normalized spacial score (nSPS) is 19.3. The van der Waals surface area contributed by atoms with Crippen molar-refractivity contribution in [3.05, 3.63) is 52.8 Å². The molecule has 0 radical (unpaired) electrons. The van der Waals surface area contributed by atoms with Gasteiger partial charge >= 0.3 is 0 Å². The van der Waals surface area contributed by atoms with Gasteiger partial charge in [0.25, 0.3) is 5.91 Å². The predicted octanol–water partition coefficient (Wildman–Crippen LogP) is 3.69. The second-order valence-electron chi connectivity index (χ2n) is 6.85. The fraction of sp³-hybridized carbons (Fsp3) is 0.300. The quantitative estimate of drug-likeness (QED) is 0.625. The second kappa shape index (κ2) is 8.10.